The molecule has 27 heavy (non-hydrogen) atoms. The van der Waals surface area contributed by atoms with Gasteiger partial charge in [-0.3, -0.25) is 4.79 Å². The number of hydrogen-bond donors (Lipinski definition) is 1. The van der Waals surface area contributed by atoms with Gasteiger partial charge < -0.3 is 19.4 Å². The summed E-state index contributed by atoms with van der Waals surface area (Å²) in [5.41, 5.74) is 2.35. The van der Waals surface area contributed by atoms with E-state index in [1.165, 1.54) is 18.8 Å². The van der Waals surface area contributed by atoms with Crippen LogP contribution in [0, 0.1) is 11.3 Å². The summed E-state index contributed by atoms with van der Waals surface area (Å²) in [5.74, 6) is 0.308. The van der Waals surface area contributed by atoms with Crippen molar-refractivity contribution in [1.82, 2.24) is 14.5 Å². The fourth-order valence-electron chi connectivity index (χ4n) is 3.10. The van der Waals surface area contributed by atoms with Gasteiger partial charge in [0.15, 0.2) is 0 Å². The van der Waals surface area contributed by atoms with Gasteiger partial charge in [-0.2, -0.15) is 5.26 Å². The van der Waals surface area contributed by atoms with E-state index >= 15 is 0 Å². The molecule has 8 nitrogen and oxygen atoms in total. The first-order valence-corrected chi connectivity index (χ1v) is 8.91. The molecule has 1 N–H and O–H groups in total. The second-order valence-electron chi connectivity index (χ2n) is 6.74. The maximum atomic E-state index is 11.0. The number of hydrogen-bond acceptors (Lipinski definition) is 7. The molecule has 1 saturated heterocycles. The number of fused-ring (bicyclic) bond motifs is 1. The van der Waals surface area contributed by atoms with Gasteiger partial charge >= 0.3 is 5.97 Å². The Bertz CT molecular complexity index is 908. The lowest BCUT2D eigenvalue weighted by atomic mass is 10.2. The Balaban J connectivity index is 1.86. The molecule has 142 valence electrons. The predicted molar refractivity (Wildman–Crippen MR) is 99.9 cm³/mol. The van der Waals surface area contributed by atoms with E-state index in [-0.39, 0.29) is 24.9 Å². The molecule has 2 atom stereocenters. The van der Waals surface area contributed by atoms with Crippen molar-refractivity contribution in [1.29, 1.82) is 5.26 Å². The van der Waals surface area contributed by atoms with Crippen LogP contribution in [0.5, 0.6) is 0 Å². The lowest BCUT2D eigenvalue weighted by molar-refractivity contribution is -0.145. The Hall–Kier alpha value is -2.92. The normalized spacial score (nSPS) is 18.9. The summed E-state index contributed by atoms with van der Waals surface area (Å²) < 4.78 is 12.9. The zero-order chi connectivity index (χ0) is 19.4. The van der Waals surface area contributed by atoms with Crippen molar-refractivity contribution in [2.75, 3.05) is 18.5 Å². The van der Waals surface area contributed by atoms with Crippen LogP contribution in [0.2, 0.25) is 0 Å². The van der Waals surface area contributed by atoms with Crippen molar-refractivity contribution in [2.45, 2.75) is 45.9 Å². The van der Waals surface area contributed by atoms with Crippen LogP contribution in [0.1, 0.15) is 45.4 Å². The van der Waals surface area contributed by atoms with Crippen molar-refractivity contribution in [3.05, 3.63) is 29.7 Å². The molecular weight excluding hydrogens is 346 g/mol. The summed E-state index contributed by atoms with van der Waals surface area (Å²) in [6.45, 7) is 6.29. The lowest BCUT2D eigenvalue weighted by Crippen LogP contribution is -2.18. The molecule has 3 heterocycles. The summed E-state index contributed by atoms with van der Waals surface area (Å²) in [4.78, 5) is 19.7. The van der Waals surface area contributed by atoms with Crippen LogP contribution < -0.4 is 5.32 Å². The highest BCUT2D eigenvalue weighted by Gasteiger charge is 2.29. The Labute approximate surface area is 157 Å². The molecule has 3 rings (SSSR count). The van der Waals surface area contributed by atoms with E-state index in [0.717, 1.165) is 12.8 Å². The molecule has 1 aliphatic heterocycles. The van der Waals surface area contributed by atoms with Crippen molar-refractivity contribution in [2.24, 2.45) is 0 Å². The van der Waals surface area contributed by atoms with E-state index < -0.39 is 0 Å². The number of carbonyl (C=O) groups is 1. The minimum atomic E-state index is -0.319. The van der Waals surface area contributed by atoms with E-state index in [9.17, 15) is 10.1 Å². The average Bonchev–Trinajstić information content (AvgIpc) is 3.24. The quantitative estimate of drug-likeness (QED) is 0.617. The minimum Gasteiger partial charge on any atom is -0.463 e. The van der Waals surface area contributed by atoms with Gasteiger partial charge in [-0.1, -0.05) is 11.6 Å². The van der Waals surface area contributed by atoms with Crippen LogP contribution in [0.3, 0.4) is 0 Å². The molecule has 1 aliphatic rings. The van der Waals surface area contributed by atoms with Gasteiger partial charge in [0.1, 0.15) is 36.7 Å². The topological polar surface area (TPSA) is 102 Å². The van der Waals surface area contributed by atoms with Crippen molar-refractivity contribution >= 4 is 22.8 Å². The zero-order valence-corrected chi connectivity index (χ0v) is 15.7. The maximum Gasteiger partial charge on any atom is 0.302 e. The number of ether oxygens (including phenoxy) is 2. The van der Waals surface area contributed by atoms with Gasteiger partial charge in [0, 0.05) is 19.7 Å². The molecule has 0 spiro atoms. The van der Waals surface area contributed by atoms with Crippen LogP contribution in [0.4, 0.5) is 5.82 Å². The van der Waals surface area contributed by atoms with Gasteiger partial charge in [-0.15, -0.1) is 0 Å². The smallest absolute Gasteiger partial charge is 0.302 e. The fourth-order valence-corrected chi connectivity index (χ4v) is 3.10. The number of esters is 1. The van der Waals surface area contributed by atoms with Gasteiger partial charge in [0.2, 0.25) is 0 Å². The first-order chi connectivity index (χ1) is 13.0. The van der Waals surface area contributed by atoms with Gasteiger partial charge in [-0.25, -0.2) is 9.97 Å². The number of rotatable bonds is 6. The number of nitrogens with one attached hydrogen (secondary N) is 1. The maximum absolute atomic E-state index is 11.0. The number of aromatic nitrogens is 3. The monoisotopic (exact) mass is 369 g/mol. The molecular formula is C19H23N5O3. The largest absolute Gasteiger partial charge is 0.463 e. The third kappa shape index (κ3) is 4.26. The number of anilines is 1. The Kier molecular flexibility index (Phi) is 5.72. The second-order valence-corrected chi connectivity index (χ2v) is 6.74. The van der Waals surface area contributed by atoms with Crippen molar-refractivity contribution < 1.29 is 14.3 Å². The van der Waals surface area contributed by atoms with Gasteiger partial charge in [0.05, 0.1) is 17.1 Å². The van der Waals surface area contributed by atoms with Gasteiger partial charge in [0.25, 0.3) is 0 Å². The summed E-state index contributed by atoms with van der Waals surface area (Å²) in [6.07, 6.45) is 6.41. The van der Waals surface area contributed by atoms with Crippen molar-refractivity contribution in [3.63, 3.8) is 0 Å². The highest BCUT2D eigenvalue weighted by atomic mass is 16.6. The van der Waals surface area contributed by atoms with Crippen LogP contribution in [0.15, 0.2) is 24.2 Å². The summed E-state index contributed by atoms with van der Waals surface area (Å²) in [6, 6.07) is 2.22. The molecule has 0 radical (unpaired) electrons. The predicted octanol–water partition coefficient (Wildman–Crippen LogP) is 2.92. The average molecular weight is 369 g/mol. The van der Waals surface area contributed by atoms with Crippen LogP contribution in [-0.4, -0.2) is 39.8 Å². The van der Waals surface area contributed by atoms with E-state index in [0.29, 0.717) is 29.0 Å². The number of allylic oxidation sites excluding steroid dienone is 1. The van der Waals surface area contributed by atoms with E-state index in [2.05, 4.69) is 27.4 Å². The Morgan fingerprint density at radius 3 is 2.96 bits per heavy atom. The second kappa shape index (κ2) is 8.18. The Morgan fingerprint density at radius 2 is 2.26 bits per heavy atom. The SMILES string of the molecule is CC(=O)OCC1CC[C@H](n2cc(C#N)c3c(NCC=C(C)C)ncnc32)O1. The fraction of sp³-hybridized carbons (Fsp3) is 0.474. The summed E-state index contributed by atoms with van der Waals surface area (Å²) >= 11 is 0. The molecule has 2 aromatic rings. The molecule has 0 amide bonds. The highest BCUT2D eigenvalue weighted by molar-refractivity contribution is 5.93. The highest BCUT2D eigenvalue weighted by Crippen LogP contribution is 2.34. The molecule has 1 fully saturated rings. The Morgan fingerprint density at radius 1 is 1.44 bits per heavy atom. The zero-order valence-electron chi connectivity index (χ0n) is 15.7. The summed E-state index contributed by atoms with van der Waals surface area (Å²) in [5, 5.41) is 13.5. The molecule has 2 aromatic heterocycles. The third-order valence-corrected chi connectivity index (χ3v) is 4.38. The van der Waals surface area contributed by atoms with E-state index in [1.54, 1.807) is 6.20 Å². The molecule has 8 heteroatoms. The summed E-state index contributed by atoms with van der Waals surface area (Å²) in [7, 11) is 0. The number of nitrogens with zero attached hydrogens (tertiary/aromatic N) is 4. The van der Waals surface area contributed by atoms with E-state index in [1.807, 2.05) is 18.4 Å². The number of carbonyl (C=O) groups excluding carboxylic acids is 1. The standard InChI is InChI=1S/C19H23N5O3/c1-12(2)6-7-21-18-17-14(8-20)9-24(19(17)23-11-22-18)16-5-4-15(27-16)10-26-13(3)25/h6,9,11,15-16H,4-5,7,10H2,1-3H3,(H,21,22,23)/t15?,16-/m1/s1. The van der Waals surface area contributed by atoms with Crippen LogP contribution in [-0.2, 0) is 14.3 Å². The first kappa shape index (κ1) is 18.9. The molecule has 0 saturated carbocycles. The molecule has 1 unspecified atom stereocenters. The lowest BCUT2D eigenvalue weighted by Gasteiger charge is -2.15. The van der Waals surface area contributed by atoms with E-state index in [4.69, 9.17) is 9.47 Å². The van der Waals surface area contributed by atoms with Crippen LogP contribution in [0.25, 0.3) is 11.0 Å². The minimum absolute atomic E-state index is 0.154. The molecule has 0 aliphatic carbocycles. The first-order valence-electron chi connectivity index (χ1n) is 8.91. The van der Waals surface area contributed by atoms with Crippen molar-refractivity contribution in [3.8, 4) is 6.07 Å². The molecule has 0 bridgehead atoms. The molecule has 0 aromatic carbocycles. The van der Waals surface area contributed by atoms with Gasteiger partial charge in [-0.05, 0) is 26.7 Å². The van der Waals surface area contributed by atoms with Crippen LogP contribution >= 0.6 is 0 Å². The third-order valence-electron chi connectivity index (χ3n) is 4.38. The number of nitriles is 1.